The predicted molar refractivity (Wildman–Crippen MR) is 62.2 cm³/mol. The summed E-state index contributed by atoms with van der Waals surface area (Å²) < 4.78 is 29.9. The first-order chi connectivity index (χ1) is 7.87. The van der Waals surface area contributed by atoms with Crippen LogP contribution in [0.5, 0.6) is 5.75 Å². The van der Waals surface area contributed by atoms with E-state index in [0.29, 0.717) is 10.6 Å². The third-order valence-electron chi connectivity index (χ3n) is 2.32. The molecule has 2 rings (SSSR count). The second kappa shape index (κ2) is 4.29. The Morgan fingerprint density at radius 1 is 1.53 bits per heavy atom. The third-order valence-corrected chi connectivity index (χ3v) is 3.53. The van der Waals surface area contributed by atoms with E-state index < -0.39 is 16.3 Å². The molecule has 1 N–H and O–H groups in total. The number of fused-ring (bicyclic) bond motifs is 1. The van der Waals surface area contributed by atoms with Crippen LogP contribution >= 0.6 is 11.6 Å². The number of ketones is 1. The molecule has 1 aromatic carbocycles. The molecule has 0 saturated heterocycles. The Bertz CT molecular complexity index is 570. The van der Waals surface area contributed by atoms with Crippen LogP contribution < -0.4 is 8.91 Å². The van der Waals surface area contributed by atoms with E-state index in [1.807, 2.05) is 0 Å². The quantitative estimate of drug-likeness (QED) is 0.889. The average Bonchev–Trinajstić information content (AvgIpc) is 2.17. The van der Waals surface area contributed by atoms with Gasteiger partial charge in [-0.1, -0.05) is 11.6 Å². The summed E-state index contributed by atoms with van der Waals surface area (Å²) in [4.78, 5) is 11.1. The Labute approximate surface area is 104 Å². The summed E-state index contributed by atoms with van der Waals surface area (Å²) in [5.74, 6) is 0.0879. The minimum atomic E-state index is -3.85. The number of benzene rings is 1. The van der Waals surface area contributed by atoms with Crippen molar-refractivity contribution in [1.29, 1.82) is 0 Å². The van der Waals surface area contributed by atoms with Gasteiger partial charge in [-0.25, -0.2) is 0 Å². The van der Waals surface area contributed by atoms with E-state index in [0.717, 1.165) is 0 Å². The number of Topliss-reactive ketones (excluding diaryl/α,β-unsaturated/α-hetero) is 1. The molecule has 1 aliphatic rings. The molecule has 0 bridgehead atoms. The molecule has 92 valence electrons. The van der Waals surface area contributed by atoms with Crippen LogP contribution in [0, 0.1) is 0 Å². The lowest BCUT2D eigenvalue weighted by molar-refractivity contribution is -0.117. The fraction of sp³-hybridized carbons (Fsp3) is 0.300. The van der Waals surface area contributed by atoms with Gasteiger partial charge in [-0.05, 0) is 25.1 Å². The van der Waals surface area contributed by atoms with E-state index in [4.69, 9.17) is 15.8 Å². The summed E-state index contributed by atoms with van der Waals surface area (Å²) in [6.45, 7) is 1.40. The van der Waals surface area contributed by atoms with Gasteiger partial charge in [-0.15, -0.1) is 0 Å². The lowest BCUT2D eigenvalue weighted by Gasteiger charge is -2.25. The van der Waals surface area contributed by atoms with Crippen molar-refractivity contribution in [2.24, 2.45) is 0 Å². The van der Waals surface area contributed by atoms with Gasteiger partial charge in [0.15, 0.2) is 0 Å². The molecule has 1 aliphatic heterocycles. The summed E-state index contributed by atoms with van der Waals surface area (Å²) in [5, 5.41) is 0.460. The zero-order valence-electron chi connectivity index (χ0n) is 8.94. The van der Waals surface area contributed by atoms with Gasteiger partial charge in [-0.2, -0.15) is 13.1 Å². The van der Waals surface area contributed by atoms with Crippen LogP contribution in [-0.4, -0.2) is 14.2 Å². The number of nitrogens with one attached hydrogen (secondary N) is 1. The highest BCUT2D eigenvalue weighted by Crippen LogP contribution is 2.34. The molecule has 1 atom stereocenters. The molecule has 0 unspecified atom stereocenters. The van der Waals surface area contributed by atoms with Crippen LogP contribution in [0.1, 0.15) is 24.9 Å². The minimum absolute atomic E-state index is 0.0654. The molecule has 0 amide bonds. The molecule has 0 aromatic heterocycles. The van der Waals surface area contributed by atoms with Gasteiger partial charge < -0.3 is 4.18 Å². The molecule has 0 radical (unpaired) electrons. The van der Waals surface area contributed by atoms with Gasteiger partial charge in [-0.3, -0.25) is 4.79 Å². The van der Waals surface area contributed by atoms with Crippen molar-refractivity contribution in [3.05, 3.63) is 28.8 Å². The van der Waals surface area contributed by atoms with E-state index in [1.54, 1.807) is 6.07 Å². The Morgan fingerprint density at radius 2 is 2.24 bits per heavy atom. The molecule has 1 aromatic rings. The van der Waals surface area contributed by atoms with E-state index in [1.165, 1.54) is 19.1 Å². The maximum atomic E-state index is 11.4. The molecule has 7 heteroatoms. The van der Waals surface area contributed by atoms with E-state index in [9.17, 15) is 13.2 Å². The molecular weight excluding hydrogens is 266 g/mol. The zero-order valence-corrected chi connectivity index (χ0v) is 10.5. The number of rotatable bonds is 2. The molecule has 0 aliphatic carbocycles. The van der Waals surface area contributed by atoms with Crippen molar-refractivity contribution in [3.8, 4) is 5.75 Å². The average molecular weight is 276 g/mol. The Balaban J connectivity index is 2.48. The third kappa shape index (κ3) is 2.77. The van der Waals surface area contributed by atoms with Gasteiger partial charge >= 0.3 is 10.3 Å². The minimum Gasteiger partial charge on any atom is -0.371 e. The second-order valence-electron chi connectivity index (χ2n) is 3.80. The SMILES string of the molecule is CC(=O)C[C@@H]1NS(=O)(=O)Oc2ccc(Cl)cc21. The summed E-state index contributed by atoms with van der Waals surface area (Å²) in [7, 11) is -3.85. The van der Waals surface area contributed by atoms with E-state index in [-0.39, 0.29) is 18.0 Å². The number of halogens is 1. The lowest BCUT2D eigenvalue weighted by Crippen LogP contribution is -2.37. The van der Waals surface area contributed by atoms with Crippen LogP contribution in [0.15, 0.2) is 18.2 Å². The van der Waals surface area contributed by atoms with Crippen molar-refractivity contribution in [2.75, 3.05) is 0 Å². The van der Waals surface area contributed by atoms with Crippen molar-refractivity contribution >= 4 is 27.7 Å². The summed E-state index contributed by atoms with van der Waals surface area (Å²) in [5.41, 5.74) is 0.572. The Kier molecular flexibility index (Phi) is 3.11. The number of carbonyl (C=O) groups excluding carboxylic acids is 1. The number of hydrogen-bond donors (Lipinski definition) is 1. The van der Waals surface area contributed by atoms with Crippen LogP contribution in [0.4, 0.5) is 0 Å². The Hall–Kier alpha value is -1.11. The fourth-order valence-corrected chi connectivity index (χ4v) is 2.86. The van der Waals surface area contributed by atoms with Crippen molar-refractivity contribution in [3.63, 3.8) is 0 Å². The zero-order chi connectivity index (χ0) is 12.6. The summed E-state index contributed by atoms with van der Waals surface area (Å²) in [6.07, 6.45) is 0.0654. The number of hydrogen-bond acceptors (Lipinski definition) is 4. The molecular formula is C10H10ClNO4S. The van der Waals surface area contributed by atoms with Gasteiger partial charge in [0.05, 0.1) is 6.04 Å². The van der Waals surface area contributed by atoms with Crippen molar-refractivity contribution in [2.45, 2.75) is 19.4 Å². The molecule has 5 nitrogen and oxygen atoms in total. The first-order valence-electron chi connectivity index (χ1n) is 4.88. The summed E-state index contributed by atoms with van der Waals surface area (Å²) in [6, 6.07) is 3.97. The lowest BCUT2D eigenvalue weighted by atomic mass is 10.0. The molecule has 17 heavy (non-hydrogen) atoms. The monoisotopic (exact) mass is 275 g/mol. The summed E-state index contributed by atoms with van der Waals surface area (Å²) >= 11 is 5.83. The van der Waals surface area contributed by atoms with Gasteiger partial charge in [0.2, 0.25) is 0 Å². The first-order valence-corrected chi connectivity index (χ1v) is 6.66. The van der Waals surface area contributed by atoms with Crippen molar-refractivity contribution in [1.82, 2.24) is 4.72 Å². The van der Waals surface area contributed by atoms with Gasteiger partial charge in [0.1, 0.15) is 11.5 Å². The maximum Gasteiger partial charge on any atom is 0.383 e. The predicted octanol–water partition coefficient (Wildman–Crippen LogP) is 1.59. The smallest absolute Gasteiger partial charge is 0.371 e. The van der Waals surface area contributed by atoms with Crippen LogP contribution in [0.25, 0.3) is 0 Å². The van der Waals surface area contributed by atoms with E-state index in [2.05, 4.69) is 4.72 Å². The Morgan fingerprint density at radius 3 is 2.88 bits per heavy atom. The van der Waals surface area contributed by atoms with Crippen molar-refractivity contribution < 1.29 is 17.4 Å². The van der Waals surface area contributed by atoms with Crippen LogP contribution in [0.2, 0.25) is 5.02 Å². The highest BCUT2D eigenvalue weighted by atomic mass is 35.5. The standard InChI is InChI=1S/C10H10ClNO4S/c1-6(13)4-9-8-5-7(11)2-3-10(8)16-17(14,15)12-9/h2-3,5,9,12H,4H2,1H3/t9-/m0/s1. The second-order valence-corrected chi connectivity index (χ2v) is 5.54. The topological polar surface area (TPSA) is 72.5 Å². The van der Waals surface area contributed by atoms with Gasteiger partial charge in [0, 0.05) is 17.0 Å². The molecule has 0 spiro atoms. The van der Waals surface area contributed by atoms with Crippen LogP contribution in [-0.2, 0) is 15.1 Å². The normalized spacial score (nSPS) is 21.4. The first kappa shape index (κ1) is 12.3. The number of carbonyl (C=O) groups is 1. The van der Waals surface area contributed by atoms with Gasteiger partial charge in [0.25, 0.3) is 0 Å². The van der Waals surface area contributed by atoms with E-state index >= 15 is 0 Å². The highest BCUT2D eigenvalue weighted by Gasteiger charge is 2.31. The van der Waals surface area contributed by atoms with Crippen LogP contribution in [0.3, 0.4) is 0 Å². The largest absolute Gasteiger partial charge is 0.383 e. The molecule has 0 fully saturated rings. The highest BCUT2D eigenvalue weighted by molar-refractivity contribution is 7.85. The fourth-order valence-electron chi connectivity index (χ4n) is 1.69. The molecule has 0 saturated carbocycles. The molecule has 1 heterocycles. The maximum absolute atomic E-state index is 11.4.